The molecule has 4 rings (SSSR count). The fourth-order valence-corrected chi connectivity index (χ4v) is 3.75. The van der Waals surface area contributed by atoms with Gasteiger partial charge >= 0.3 is 6.03 Å². The van der Waals surface area contributed by atoms with Crippen LogP contribution in [0.25, 0.3) is 10.8 Å². The Balaban J connectivity index is 1.46. The Morgan fingerprint density at radius 3 is 2.56 bits per heavy atom. The molecule has 1 saturated heterocycles. The molecule has 2 aliphatic rings. The SMILES string of the molecule is O=C(CN1C(=O)NC2(CCCC2)C1=O)Nc1ccc2ccccc2c1. The summed E-state index contributed by atoms with van der Waals surface area (Å²) in [6, 6.07) is 13.0. The van der Waals surface area contributed by atoms with Gasteiger partial charge in [0.1, 0.15) is 12.1 Å². The van der Waals surface area contributed by atoms with Crippen LogP contribution in [0.1, 0.15) is 25.7 Å². The van der Waals surface area contributed by atoms with E-state index >= 15 is 0 Å². The normalized spacial score (nSPS) is 18.8. The summed E-state index contributed by atoms with van der Waals surface area (Å²) in [6.07, 6.45) is 3.15. The van der Waals surface area contributed by atoms with Crippen molar-refractivity contribution in [2.24, 2.45) is 0 Å². The zero-order valence-electron chi connectivity index (χ0n) is 13.7. The van der Waals surface area contributed by atoms with E-state index in [1.54, 1.807) is 0 Å². The van der Waals surface area contributed by atoms with Gasteiger partial charge in [0, 0.05) is 5.69 Å². The van der Waals surface area contributed by atoms with Gasteiger partial charge in [-0.15, -0.1) is 0 Å². The van der Waals surface area contributed by atoms with Crippen molar-refractivity contribution in [2.75, 3.05) is 11.9 Å². The minimum absolute atomic E-state index is 0.265. The molecule has 4 amide bonds. The lowest BCUT2D eigenvalue weighted by Gasteiger charge is -2.19. The smallest absolute Gasteiger partial charge is 0.325 e. The number of hydrogen-bond acceptors (Lipinski definition) is 3. The summed E-state index contributed by atoms with van der Waals surface area (Å²) in [6.45, 7) is -0.265. The number of carbonyl (C=O) groups is 3. The molecule has 2 N–H and O–H groups in total. The first-order valence-corrected chi connectivity index (χ1v) is 8.50. The number of urea groups is 1. The standard InChI is InChI=1S/C19H19N3O3/c23-16(20-15-8-7-13-5-1-2-6-14(13)11-15)12-22-17(24)19(21-18(22)25)9-3-4-10-19/h1-2,5-8,11H,3-4,9-10,12H2,(H,20,23)(H,21,25). The van der Waals surface area contributed by atoms with Crippen LogP contribution in [0.3, 0.4) is 0 Å². The third kappa shape index (κ3) is 2.73. The van der Waals surface area contributed by atoms with Gasteiger partial charge in [0.05, 0.1) is 0 Å². The Kier molecular flexibility index (Phi) is 3.67. The lowest BCUT2D eigenvalue weighted by Crippen LogP contribution is -2.44. The van der Waals surface area contributed by atoms with Crippen LogP contribution in [0.2, 0.25) is 0 Å². The van der Waals surface area contributed by atoms with Crippen LogP contribution in [0.4, 0.5) is 10.5 Å². The highest BCUT2D eigenvalue weighted by atomic mass is 16.2. The first-order chi connectivity index (χ1) is 12.1. The van der Waals surface area contributed by atoms with E-state index in [4.69, 9.17) is 0 Å². The summed E-state index contributed by atoms with van der Waals surface area (Å²) >= 11 is 0. The molecule has 1 spiro atoms. The zero-order valence-corrected chi connectivity index (χ0v) is 13.7. The molecule has 0 aromatic heterocycles. The first kappa shape index (κ1) is 15.6. The molecule has 1 aliphatic carbocycles. The average molecular weight is 337 g/mol. The van der Waals surface area contributed by atoms with Crippen LogP contribution >= 0.6 is 0 Å². The molecule has 1 heterocycles. The quantitative estimate of drug-likeness (QED) is 0.845. The third-order valence-electron chi connectivity index (χ3n) is 5.04. The number of hydrogen-bond donors (Lipinski definition) is 2. The first-order valence-electron chi connectivity index (χ1n) is 8.50. The second-order valence-electron chi connectivity index (χ2n) is 6.72. The van der Waals surface area contributed by atoms with E-state index in [2.05, 4.69) is 10.6 Å². The number of rotatable bonds is 3. The fourth-order valence-electron chi connectivity index (χ4n) is 3.75. The molecule has 2 fully saturated rings. The number of imide groups is 1. The van der Waals surface area contributed by atoms with Crippen molar-refractivity contribution in [3.05, 3.63) is 42.5 Å². The van der Waals surface area contributed by atoms with Crippen molar-refractivity contribution < 1.29 is 14.4 Å². The van der Waals surface area contributed by atoms with Crippen LogP contribution in [0.5, 0.6) is 0 Å². The number of carbonyl (C=O) groups excluding carboxylic acids is 3. The van der Waals surface area contributed by atoms with E-state index in [0.717, 1.165) is 28.5 Å². The van der Waals surface area contributed by atoms with Gasteiger partial charge in [-0.25, -0.2) is 4.79 Å². The van der Waals surface area contributed by atoms with Crippen molar-refractivity contribution in [1.29, 1.82) is 0 Å². The number of nitrogens with one attached hydrogen (secondary N) is 2. The van der Waals surface area contributed by atoms with Gasteiger partial charge in [-0.05, 0) is 35.7 Å². The van der Waals surface area contributed by atoms with Gasteiger partial charge in [-0.2, -0.15) is 0 Å². The summed E-state index contributed by atoms with van der Waals surface area (Å²) < 4.78 is 0. The Labute approximate surface area is 145 Å². The predicted molar refractivity (Wildman–Crippen MR) is 94.0 cm³/mol. The van der Waals surface area contributed by atoms with E-state index in [0.29, 0.717) is 18.5 Å². The molecule has 0 unspecified atom stereocenters. The number of amides is 4. The molecule has 128 valence electrons. The van der Waals surface area contributed by atoms with Crippen molar-refractivity contribution in [2.45, 2.75) is 31.2 Å². The molecular formula is C19H19N3O3. The molecule has 6 heteroatoms. The summed E-state index contributed by atoms with van der Waals surface area (Å²) in [7, 11) is 0. The summed E-state index contributed by atoms with van der Waals surface area (Å²) in [5.41, 5.74) is -0.133. The van der Waals surface area contributed by atoms with E-state index in [1.165, 1.54) is 0 Å². The van der Waals surface area contributed by atoms with Gasteiger partial charge in [0.15, 0.2) is 0 Å². The molecule has 2 aromatic carbocycles. The summed E-state index contributed by atoms with van der Waals surface area (Å²) in [4.78, 5) is 38.0. The van der Waals surface area contributed by atoms with Crippen molar-refractivity contribution in [1.82, 2.24) is 10.2 Å². The maximum atomic E-state index is 12.6. The minimum atomic E-state index is -0.777. The monoisotopic (exact) mass is 337 g/mol. The molecular weight excluding hydrogens is 318 g/mol. The van der Waals surface area contributed by atoms with Gasteiger partial charge in [-0.1, -0.05) is 43.2 Å². The van der Waals surface area contributed by atoms with E-state index in [-0.39, 0.29) is 18.4 Å². The van der Waals surface area contributed by atoms with Gasteiger partial charge in [0.25, 0.3) is 5.91 Å². The number of anilines is 1. The summed E-state index contributed by atoms with van der Waals surface area (Å²) in [5, 5.41) is 7.64. The molecule has 25 heavy (non-hydrogen) atoms. The van der Waals surface area contributed by atoms with Crippen LogP contribution < -0.4 is 10.6 Å². The summed E-state index contributed by atoms with van der Waals surface area (Å²) in [5.74, 6) is -0.655. The minimum Gasteiger partial charge on any atom is -0.325 e. The average Bonchev–Trinajstić information content (AvgIpc) is 3.16. The van der Waals surface area contributed by atoms with Gasteiger partial charge < -0.3 is 10.6 Å². The lowest BCUT2D eigenvalue weighted by atomic mass is 9.98. The maximum absolute atomic E-state index is 12.6. The number of fused-ring (bicyclic) bond motifs is 1. The van der Waals surface area contributed by atoms with Crippen LogP contribution in [-0.4, -0.2) is 34.8 Å². The molecule has 2 aromatic rings. The van der Waals surface area contributed by atoms with Crippen molar-refractivity contribution in [3.63, 3.8) is 0 Å². The van der Waals surface area contributed by atoms with Gasteiger partial charge in [-0.3, -0.25) is 14.5 Å². The zero-order chi connectivity index (χ0) is 17.4. The van der Waals surface area contributed by atoms with Crippen molar-refractivity contribution in [3.8, 4) is 0 Å². The molecule has 0 radical (unpaired) electrons. The van der Waals surface area contributed by atoms with E-state index in [9.17, 15) is 14.4 Å². The topological polar surface area (TPSA) is 78.5 Å². The molecule has 0 atom stereocenters. The third-order valence-corrected chi connectivity index (χ3v) is 5.04. The van der Waals surface area contributed by atoms with Crippen LogP contribution in [-0.2, 0) is 9.59 Å². The number of nitrogens with zero attached hydrogens (tertiary/aromatic N) is 1. The molecule has 1 aliphatic heterocycles. The highest BCUT2D eigenvalue weighted by Crippen LogP contribution is 2.34. The Morgan fingerprint density at radius 2 is 1.80 bits per heavy atom. The van der Waals surface area contributed by atoms with Crippen LogP contribution in [0, 0.1) is 0 Å². The Bertz CT molecular complexity index is 871. The highest BCUT2D eigenvalue weighted by Gasteiger charge is 2.52. The Hall–Kier alpha value is -2.89. The molecule has 1 saturated carbocycles. The molecule has 6 nitrogen and oxygen atoms in total. The number of benzene rings is 2. The second kappa shape index (κ2) is 5.88. The molecule has 0 bridgehead atoms. The second-order valence-corrected chi connectivity index (χ2v) is 6.72. The lowest BCUT2D eigenvalue weighted by molar-refractivity contribution is -0.133. The van der Waals surface area contributed by atoms with Crippen LogP contribution in [0.15, 0.2) is 42.5 Å². The van der Waals surface area contributed by atoms with E-state index in [1.807, 2.05) is 42.5 Å². The highest BCUT2D eigenvalue weighted by molar-refractivity contribution is 6.10. The van der Waals surface area contributed by atoms with E-state index < -0.39 is 11.6 Å². The predicted octanol–water partition coefficient (Wildman–Crippen LogP) is 2.64. The Morgan fingerprint density at radius 1 is 1.08 bits per heavy atom. The maximum Gasteiger partial charge on any atom is 0.325 e. The van der Waals surface area contributed by atoms with Crippen molar-refractivity contribution >= 4 is 34.3 Å². The fraction of sp³-hybridized carbons (Fsp3) is 0.316. The van der Waals surface area contributed by atoms with Gasteiger partial charge in [0.2, 0.25) is 5.91 Å². The largest absolute Gasteiger partial charge is 0.325 e.